The number of aromatic nitrogens is 1. The van der Waals surface area contributed by atoms with E-state index in [1.165, 1.54) is 6.20 Å². The Balaban J connectivity index is 1.74. The summed E-state index contributed by atoms with van der Waals surface area (Å²) < 4.78 is 10.5. The van der Waals surface area contributed by atoms with Crippen molar-refractivity contribution in [1.82, 2.24) is 15.0 Å². The second-order valence-electron chi connectivity index (χ2n) is 5.94. The molecule has 0 saturated carbocycles. The first kappa shape index (κ1) is 14.1. The fourth-order valence-electron chi connectivity index (χ4n) is 2.94. The molecule has 3 heterocycles. The number of fused-ring (bicyclic) bond motifs is 1. The van der Waals surface area contributed by atoms with E-state index in [9.17, 15) is 9.59 Å². The van der Waals surface area contributed by atoms with E-state index in [-0.39, 0.29) is 36.3 Å². The van der Waals surface area contributed by atoms with Crippen LogP contribution >= 0.6 is 0 Å². The monoisotopic (exact) mass is 293 g/mol. The molecule has 0 N–H and O–H groups in total. The summed E-state index contributed by atoms with van der Waals surface area (Å²) in [5, 5.41) is 3.55. The molecule has 21 heavy (non-hydrogen) atoms. The summed E-state index contributed by atoms with van der Waals surface area (Å²) in [5.41, 5.74) is 0. The van der Waals surface area contributed by atoms with Gasteiger partial charge in [-0.3, -0.25) is 9.59 Å². The number of nitrogens with zero attached hydrogens (tertiary/aromatic N) is 3. The minimum absolute atomic E-state index is 0.00101. The molecular formula is C14H19N3O4. The average molecular weight is 293 g/mol. The van der Waals surface area contributed by atoms with Gasteiger partial charge < -0.3 is 19.1 Å². The van der Waals surface area contributed by atoms with Crippen molar-refractivity contribution >= 4 is 11.8 Å². The number of ether oxygens (including phenoxy) is 1. The molecular weight excluding hydrogens is 274 g/mol. The third-order valence-corrected chi connectivity index (χ3v) is 3.88. The summed E-state index contributed by atoms with van der Waals surface area (Å²) in [7, 11) is 0. The number of morpholine rings is 1. The zero-order valence-electron chi connectivity index (χ0n) is 12.2. The lowest BCUT2D eigenvalue weighted by molar-refractivity contribution is -0.153. The van der Waals surface area contributed by atoms with Gasteiger partial charge in [-0.1, -0.05) is 19.0 Å². The first-order valence-corrected chi connectivity index (χ1v) is 7.17. The number of hydrogen-bond donors (Lipinski definition) is 0. The number of carbonyl (C=O) groups is 2. The molecule has 0 aliphatic carbocycles. The van der Waals surface area contributed by atoms with Crippen LogP contribution in [0.25, 0.3) is 0 Å². The summed E-state index contributed by atoms with van der Waals surface area (Å²) in [6, 6.07) is 1.47. The van der Waals surface area contributed by atoms with Crippen molar-refractivity contribution in [2.24, 2.45) is 5.92 Å². The Morgan fingerprint density at radius 3 is 2.95 bits per heavy atom. The second kappa shape index (κ2) is 5.48. The van der Waals surface area contributed by atoms with Crippen molar-refractivity contribution in [1.29, 1.82) is 0 Å². The van der Waals surface area contributed by atoms with Gasteiger partial charge in [-0.05, 0) is 5.92 Å². The van der Waals surface area contributed by atoms with E-state index >= 15 is 0 Å². The Hall–Kier alpha value is -1.89. The summed E-state index contributed by atoms with van der Waals surface area (Å²) >= 11 is 0. The van der Waals surface area contributed by atoms with E-state index in [0.29, 0.717) is 25.6 Å². The molecule has 0 bridgehead atoms. The SMILES string of the molecule is CC(C)CN1C(=O)CO[C@@H]2CN(C(=O)c3ccno3)C[C@H]21. The Morgan fingerprint density at radius 1 is 1.48 bits per heavy atom. The van der Waals surface area contributed by atoms with Gasteiger partial charge in [0.15, 0.2) is 0 Å². The highest BCUT2D eigenvalue weighted by molar-refractivity contribution is 5.91. The predicted molar refractivity (Wildman–Crippen MR) is 72.5 cm³/mol. The number of carbonyl (C=O) groups excluding carboxylic acids is 2. The highest BCUT2D eigenvalue weighted by Gasteiger charge is 2.45. The lowest BCUT2D eigenvalue weighted by Crippen LogP contribution is -2.55. The molecule has 1 aromatic rings. The zero-order chi connectivity index (χ0) is 15.0. The molecule has 2 aliphatic heterocycles. The molecule has 1 aromatic heterocycles. The average Bonchev–Trinajstić information content (AvgIpc) is 3.09. The molecule has 0 unspecified atom stereocenters. The van der Waals surface area contributed by atoms with Crippen molar-refractivity contribution in [2.45, 2.75) is 26.0 Å². The van der Waals surface area contributed by atoms with Gasteiger partial charge in [-0.25, -0.2) is 0 Å². The second-order valence-corrected chi connectivity index (χ2v) is 5.94. The summed E-state index contributed by atoms with van der Waals surface area (Å²) in [4.78, 5) is 27.9. The van der Waals surface area contributed by atoms with Gasteiger partial charge in [0.2, 0.25) is 11.7 Å². The van der Waals surface area contributed by atoms with Crippen LogP contribution in [0.1, 0.15) is 24.4 Å². The molecule has 2 amide bonds. The van der Waals surface area contributed by atoms with Crippen LogP contribution in [-0.2, 0) is 9.53 Å². The zero-order valence-corrected chi connectivity index (χ0v) is 12.2. The quantitative estimate of drug-likeness (QED) is 0.805. The molecule has 114 valence electrons. The van der Waals surface area contributed by atoms with Gasteiger partial charge >= 0.3 is 0 Å². The smallest absolute Gasteiger partial charge is 0.292 e. The molecule has 0 aromatic carbocycles. The standard InChI is InChI=1S/C14H19N3O4/c1-9(2)5-17-10-6-16(7-12(10)20-8-13(17)18)14(19)11-3-4-15-21-11/h3-4,9-10,12H,5-8H2,1-2H3/t10-,12-/m1/s1. The van der Waals surface area contributed by atoms with Crippen molar-refractivity contribution in [2.75, 3.05) is 26.2 Å². The minimum Gasteiger partial charge on any atom is -0.364 e. The van der Waals surface area contributed by atoms with Crippen LogP contribution in [0.15, 0.2) is 16.8 Å². The predicted octanol–water partition coefficient (Wildman–Crippen LogP) is 0.382. The fourth-order valence-corrected chi connectivity index (χ4v) is 2.94. The first-order chi connectivity index (χ1) is 10.1. The van der Waals surface area contributed by atoms with Gasteiger partial charge in [0.05, 0.1) is 18.3 Å². The molecule has 0 radical (unpaired) electrons. The van der Waals surface area contributed by atoms with E-state index in [1.54, 1.807) is 11.0 Å². The molecule has 2 aliphatic rings. The minimum atomic E-state index is -0.206. The van der Waals surface area contributed by atoms with Crippen molar-refractivity contribution < 1.29 is 18.8 Å². The number of amides is 2. The number of likely N-dealkylation sites (tertiary alicyclic amines) is 1. The van der Waals surface area contributed by atoms with E-state index in [2.05, 4.69) is 19.0 Å². The van der Waals surface area contributed by atoms with Gasteiger partial charge in [0.1, 0.15) is 6.61 Å². The Bertz CT molecular complexity index is 528. The Kier molecular flexibility index (Phi) is 3.67. The topological polar surface area (TPSA) is 75.9 Å². The van der Waals surface area contributed by atoms with Crippen LogP contribution in [-0.4, -0.2) is 65.2 Å². The first-order valence-electron chi connectivity index (χ1n) is 7.17. The van der Waals surface area contributed by atoms with Crippen LogP contribution in [0.4, 0.5) is 0 Å². The van der Waals surface area contributed by atoms with Gasteiger partial charge in [-0.2, -0.15) is 0 Å². The maximum Gasteiger partial charge on any atom is 0.292 e. The van der Waals surface area contributed by atoms with Crippen LogP contribution in [0.2, 0.25) is 0 Å². The van der Waals surface area contributed by atoms with Crippen LogP contribution in [0.3, 0.4) is 0 Å². The largest absolute Gasteiger partial charge is 0.364 e. The summed E-state index contributed by atoms with van der Waals surface area (Å²) in [5.74, 6) is 0.392. The number of rotatable bonds is 3. The highest BCUT2D eigenvalue weighted by Crippen LogP contribution is 2.25. The molecule has 2 saturated heterocycles. The lowest BCUT2D eigenvalue weighted by atomic mass is 10.1. The van der Waals surface area contributed by atoms with Crippen LogP contribution < -0.4 is 0 Å². The maximum absolute atomic E-state index is 12.3. The summed E-state index contributed by atoms with van der Waals surface area (Å²) in [6.07, 6.45) is 1.33. The van der Waals surface area contributed by atoms with E-state index in [4.69, 9.17) is 9.26 Å². The molecule has 7 heteroatoms. The lowest BCUT2D eigenvalue weighted by Gasteiger charge is -2.37. The Labute approximate surface area is 122 Å². The van der Waals surface area contributed by atoms with Gasteiger partial charge in [-0.15, -0.1) is 0 Å². The molecule has 2 fully saturated rings. The third-order valence-electron chi connectivity index (χ3n) is 3.88. The van der Waals surface area contributed by atoms with Gasteiger partial charge in [0, 0.05) is 25.7 Å². The van der Waals surface area contributed by atoms with E-state index < -0.39 is 0 Å². The maximum atomic E-state index is 12.3. The normalized spacial score (nSPS) is 25.6. The number of hydrogen-bond acceptors (Lipinski definition) is 5. The molecule has 0 spiro atoms. The molecule has 3 rings (SSSR count). The Morgan fingerprint density at radius 2 is 2.29 bits per heavy atom. The fraction of sp³-hybridized carbons (Fsp3) is 0.643. The van der Waals surface area contributed by atoms with Crippen molar-refractivity contribution in [3.63, 3.8) is 0 Å². The van der Waals surface area contributed by atoms with Crippen molar-refractivity contribution in [3.05, 3.63) is 18.0 Å². The van der Waals surface area contributed by atoms with Crippen molar-refractivity contribution in [3.8, 4) is 0 Å². The highest BCUT2D eigenvalue weighted by atomic mass is 16.5. The van der Waals surface area contributed by atoms with Crippen LogP contribution in [0.5, 0.6) is 0 Å². The van der Waals surface area contributed by atoms with Crippen LogP contribution in [0, 0.1) is 5.92 Å². The third kappa shape index (κ3) is 2.65. The molecule has 7 nitrogen and oxygen atoms in total. The molecule has 2 atom stereocenters. The van der Waals surface area contributed by atoms with Gasteiger partial charge in [0.25, 0.3) is 5.91 Å². The summed E-state index contributed by atoms with van der Waals surface area (Å²) in [6.45, 7) is 5.88. The van der Waals surface area contributed by atoms with E-state index in [0.717, 1.165) is 0 Å². The van der Waals surface area contributed by atoms with E-state index in [1.807, 2.05) is 4.90 Å².